The third-order valence-corrected chi connectivity index (χ3v) is 2.58. The van der Waals surface area contributed by atoms with Gasteiger partial charge in [-0.3, -0.25) is 5.10 Å². The van der Waals surface area contributed by atoms with E-state index in [4.69, 9.17) is 17.0 Å². The fraction of sp³-hybridized carbons (Fsp3) is 0.727. The first-order valence-corrected chi connectivity index (χ1v) is 6.67. The Kier molecular flexibility index (Phi) is 8.07. The minimum atomic E-state index is 0.698. The molecule has 0 radical (unpaired) electrons. The molecule has 0 saturated heterocycles. The molecule has 3 N–H and O–H groups in total. The first kappa shape index (κ1) is 14.8. The summed E-state index contributed by atoms with van der Waals surface area (Å²) >= 11 is 5.15. The van der Waals surface area contributed by atoms with Crippen molar-refractivity contribution >= 4 is 17.3 Å². The molecule has 0 atom stereocenters. The number of aryl methyl sites for hydroxylation is 1. The van der Waals surface area contributed by atoms with Crippen molar-refractivity contribution in [3.63, 3.8) is 0 Å². The highest BCUT2D eigenvalue weighted by molar-refractivity contribution is 7.80. The minimum Gasteiger partial charge on any atom is -0.382 e. The van der Waals surface area contributed by atoms with Crippen LogP contribution in [0.4, 0.5) is 0 Å². The molecule has 0 unspecified atom stereocenters. The van der Waals surface area contributed by atoms with Gasteiger partial charge in [0.1, 0.15) is 12.2 Å². The Hall–Kier alpha value is -1.21. The number of H-pyrrole nitrogens is 1. The molecule has 0 aliphatic heterocycles. The van der Waals surface area contributed by atoms with Crippen LogP contribution in [0.1, 0.15) is 25.6 Å². The molecule has 18 heavy (non-hydrogen) atoms. The molecule has 0 aliphatic rings. The fourth-order valence-electron chi connectivity index (χ4n) is 1.39. The van der Waals surface area contributed by atoms with Crippen LogP contribution in [0.5, 0.6) is 0 Å². The number of ether oxygens (including phenoxy) is 1. The van der Waals surface area contributed by atoms with Crippen molar-refractivity contribution in [1.29, 1.82) is 0 Å². The lowest BCUT2D eigenvalue weighted by Crippen LogP contribution is -2.36. The topological polar surface area (TPSA) is 74.9 Å². The zero-order valence-electron chi connectivity index (χ0n) is 10.7. The quantitative estimate of drug-likeness (QED) is 0.452. The zero-order chi connectivity index (χ0) is 13.1. The van der Waals surface area contributed by atoms with Gasteiger partial charge in [0.15, 0.2) is 5.11 Å². The first-order chi connectivity index (χ1) is 8.83. The molecule has 0 spiro atoms. The molecule has 0 saturated carbocycles. The van der Waals surface area contributed by atoms with E-state index in [1.807, 2.05) is 6.92 Å². The standard InChI is InChI=1S/C11H21N5OS/c1-2-17-8-4-7-13-11(18)12-6-3-5-10-14-9-15-16-10/h9H,2-8H2,1H3,(H2,12,13,18)(H,14,15,16). The molecular formula is C11H21N5OS. The minimum absolute atomic E-state index is 0.698. The van der Waals surface area contributed by atoms with Crippen LogP contribution in [0, 0.1) is 0 Å². The Bertz CT molecular complexity index is 317. The largest absolute Gasteiger partial charge is 0.382 e. The van der Waals surface area contributed by atoms with E-state index in [-0.39, 0.29) is 0 Å². The van der Waals surface area contributed by atoms with Crippen molar-refractivity contribution in [2.45, 2.75) is 26.2 Å². The van der Waals surface area contributed by atoms with E-state index in [9.17, 15) is 0 Å². The Morgan fingerprint density at radius 1 is 1.39 bits per heavy atom. The van der Waals surface area contributed by atoms with Gasteiger partial charge in [-0.1, -0.05) is 0 Å². The molecule has 0 aromatic carbocycles. The molecule has 1 rings (SSSR count). The van der Waals surface area contributed by atoms with Crippen LogP contribution >= 0.6 is 12.2 Å². The number of nitrogens with zero attached hydrogens (tertiary/aromatic N) is 2. The lowest BCUT2D eigenvalue weighted by molar-refractivity contribution is 0.145. The van der Waals surface area contributed by atoms with Gasteiger partial charge in [-0.25, -0.2) is 4.98 Å². The molecule has 0 fully saturated rings. The average Bonchev–Trinajstić information content (AvgIpc) is 2.87. The van der Waals surface area contributed by atoms with Crippen molar-refractivity contribution in [3.05, 3.63) is 12.2 Å². The Labute approximate surface area is 113 Å². The highest BCUT2D eigenvalue weighted by Crippen LogP contribution is 1.91. The Morgan fingerprint density at radius 3 is 2.83 bits per heavy atom. The second kappa shape index (κ2) is 9.78. The maximum atomic E-state index is 5.24. The molecule has 6 nitrogen and oxygen atoms in total. The normalized spacial score (nSPS) is 10.3. The van der Waals surface area contributed by atoms with Gasteiger partial charge in [-0.15, -0.1) is 0 Å². The average molecular weight is 271 g/mol. The summed E-state index contributed by atoms with van der Waals surface area (Å²) in [4.78, 5) is 4.05. The van der Waals surface area contributed by atoms with Crippen LogP contribution in [-0.2, 0) is 11.2 Å². The number of hydrogen-bond acceptors (Lipinski definition) is 4. The van der Waals surface area contributed by atoms with Gasteiger partial charge < -0.3 is 15.4 Å². The summed E-state index contributed by atoms with van der Waals surface area (Å²) < 4.78 is 5.24. The molecule has 1 heterocycles. The number of aromatic nitrogens is 3. The van der Waals surface area contributed by atoms with Crippen LogP contribution in [-0.4, -0.2) is 46.6 Å². The maximum Gasteiger partial charge on any atom is 0.166 e. The summed E-state index contributed by atoms with van der Waals surface area (Å²) in [6.45, 7) is 5.21. The third kappa shape index (κ3) is 7.18. The van der Waals surface area contributed by atoms with Crippen molar-refractivity contribution in [1.82, 2.24) is 25.8 Å². The van der Waals surface area contributed by atoms with Gasteiger partial charge in [-0.05, 0) is 32.0 Å². The van der Waals surface area contributed by atoms with E-state index in [1.165, 1.54) is 6.33 Å². The van der Waals surface area contributed by atoms with Crippen LogP contribution in [0.25, 0.3) is 0 Å². The fourth-order valence-corrected chi connectivity index (χ4v) is 1.60. The summed E-state index contributed by atoms with van der Waals surface area (Å²) in [6, 6.07) is 0. The summed E-state index contributed by atoms with van der Waals surface area (Å²) in [5, 5.41) is 13.6. The second-order valence-corrected chi connectivity index (χ2v) is 4.18. The predicted octanol–water partition coefficient (Wildman–Crippen LogP) is 0.628. The molecule has 7 heteroatoms. The molecule has 102 valence electrons. The van der Waals surface area contributed by atoms with E-state index in [2.05, 4.69) is 25.8 Å². The zero-order valence-corrected chi connectivity index (χ0v) is 11.6. The van der Waals surface area contributed by atoms with Crippen LogP contribution in [0.2, 0.25) is 0 Å². The first-order valence-electron chi connectivity index (χ1n) is 6.26. The van der Waals surface area contributed by atoms with Crippen LogP contribution in [0.3, 0.4) is 0 Å². The summed E-state index contributed by atoms with van der Waals surface area (Å²) in [7, 11) is 0. The molecule has 1 aromatic rings. The summed E-state index contributed by atoms with van der Waals surface area (Å²) in [6.07, 6.45) is 4.33. The number of aromatic amines is 1. The summed E-state index contributed by atoms with van der Waals surface area (Å²) in [5.41, 5.74) is 0. The molecule has 0 bridgehead atoms. The Balaban J connectivity index is 1.90. The molecule has 1 aromatic heterocycles. The lowest BCUT2D eigenvalue weighted by Gasteiger charge is -2.09. The van der Waals surface area contributed by atoms with Gasteiger partial charge in [0, 0.05) is 32.7 Å². The van der Waals surface area contributed by atoms with Crippen molar-refractivity contribution in [2.24, 2.45) is 0 Å². The number of rotatable bonds is 9. The predicted molar refractivity (Wildman–Crippen MR) is 74.4 cm³/mol. The van der Waals surface area contributed by atoms with E-state index >= 15 is 0 Å². The van der Waals surface area contributed by atoms with Crippen molar-refractivity contribution in [3.8, 4) is 0 Å². The van der Waals surface area contributed by atoms with Crippen molar-refractivity contribution in [2.75, 3.05) is 26.3 Å². The van der Waals surface area contributed by atoms with E-state index in [1.54, 1.807) is 0 Å². The van der Waals surface area contributed by atoms with Crippen LogP contribution < -0.4 is 10.6 Å². The Morgan fingerprint density at radius 2 is 2.17 bits per heavy atom. The smallest absolute Gasteiger partial charge is 0.166 e. The molecular weight excluding hydrogens is 250 g/mol. The molecule has 0 aliphatic carbocycles. The third-order valence-electron chi connectivity index (χ3n) is 2.30. The van der Waals surface area contributed by atoms with Gasteiger partial charge >= 0.3 is 0 Å². The van der Waals surface area contributed by atoms with E-state index in [0.29, 0.717) is 5.11 Å². The number of nitrogens with one attached hydrogen (secondary N) is 3. The second-order valence-electron chi connectivity index (χ2n) is 3.77. The van der Waals surface area contributed by atoms with E-state index in [0.717, 1.165) is 51.4 Å². The highest BCUT2D eigenvalue weighted by atomic mass is 32.1. The number of thiocarbonyl (C=S) groups is 1. The van der Waals surface area contributed by atoms with Gasteiger partial charge in [0.05, 0.1) is 0 Å². The molecule has 0 amide bonds. The van der Waals surface area contributed by atoms with E-state index < -0.39 is 0 Å². The van der Waals surface area contributed by atoms with Gasteiger partial charge in [0.25, 0.3) is 0 Å². The van der Waals surface area contributed by atoms with Gasteiger partial charge in [-0.2, -0.15) is 5.10 Å². The maximum absolute atomic E-state index is 5.24. The highest BCUT2D eigenvalue weighted by Gasteiger charge is 1.97. The van der Waals surface area contributed by atoms with Crippen molar-refractivity contribution < 1.29 is 4.74 Å². The monoisotopic (exact) mass is 271 g/mol. The van der Waals surface area contributed by atoms with Crippen LogP contribution in [0.15, 0.2) is 6.33 Å². The number of hydrogen-bond donors (Lipinski definition) is 3. The summed E-state index contributed by atoms with van der Waals surface area (Å²) in [5.74, 6) is 0.910. The van der Waals surface area contributed by atoms with Gasteiger partial charge in [0.2, 0.25) is 0 Å². The lowest BCUT2D eigenvalue weighted by atomic mass is 10.3. The SMILES string of the molecule is CCOCCCNC(=S)NCCCc1ncn[nH]1.